The van der Waals surface area contributed by atoms with E-state index in [1.807, 2.05) is 13.8 Å². The summed E-state index contributed by atoms with van der Waals surface area (Å²) >= 11 is 0. The van der Waals surface area contributed by atoms with E-state index >= 15 is 0 Å². The molecule has 1 aromatic carbocycles. The topological polar surface area (TPSA) is 0 Å². The Morgan fingerprint density at radius 3 is 1.19 bits per heavy atom. The molecule has 1 aliphatic carbocycles. The quantitative estimate of drug-likeness (QED) is 0.585. The molecule has 0 spiro atoms. The summed E-state index contributed by atoms with van der Waals surface area (Å²) in [7, 11) is 0. The van der Waals surface area contributed by atoms with Gasteiger partial charge in [0.15, 0.2) is 0 Å². The molecular weight excluding hydrogens is 192 g/mol. The number of hydrogen-bond acceptors (Lipinski definition) is 0. The van der Waals surface area contributed by atoms with Gasteiger partial charge in [0.2, 0.25) is 0 Å². The monoisotopic (exact) mass is 218 g/mol. The molecule has 16 heavy (non-hydrogen) atoms. The van der Waals surface area contributed by atoms with Crippen molar-refractivity contribution in [2.24, 2.45) is 0 Å². The molecule has 0 unspecified atom stereocenters. The van der Waals surface area contributed by atoms with E-state index in [1.165, 1.54) is 36.8 Å². The third-order valence-corrected chi connectivity index (χ3v) is 4.06. The molecule has 0 aromatic heterocycles. The fourth-order valence-electron chi connectivity index (χ4n) is 2.75. The second-order valence-corrected chi connectivity index (χ2v) is 4.66. The van der Waals surface area contributed by atoms with Crippen LogP contribution >= 0.6 is 0 Å². The maximum atomic E-state index is 2.30. The molecule has 90 valence electrons. The molecule has 0 aliphatic heterocycles. The van der Waals surface area contributed by atoms with Crippen LogP contribution in [0.2, 0.25) is 0 Å². The highest BCUT2D eigenvalue weighted by Crippen LogP contribution is 2.31. The summed E-state index contributed by atoms with van der Waals surface area (Å²) in [5.41, 5.74) is 9.48. The molecular formula is C16H26. The Labute approximate surface area is 101 Å². The van der Waals surface area contributed by atoms with Crippen LogP contribution in [0.25, 0.3) is 0 Å². The lowest BCUT2D eigenvalue weighted by atomic mass is 9.81. The number of hydrogen-bond donors (Lipinski definition) is 0. The van der Waals surface area contributed by atoms with E-state index in [9.17, 15) is 0 Å². The molecule has 0 heteroatoms. The first-order valence-corrected chi connectivity index (χ1v) is 6.71. The van der Waals surface area contributed by atoms with Crippen LogP contribution in [-0.4, -0.2) is 0 Å². The maximum Gasteiger partial charge on any atom is -0.0273 e. The van der Waals surface area contributed by atoms with Gasteiger partial charge >= 0.3 is 0 Å². The summed E-state index contributed by atoms with van der Waals surface area (Å²) in [6.07, 6.45) is 5.39. The van der Waals surface area contributed by atoms with E-state index in [0.717, 1.165) is 0 Å². The predicted octanol–water partition coefficient (Wildman–Crippen LogP) is 4.83. The van der Waals surface area contributed by atoms with Crippen molar-refractivity contribution in [3.05, 3.63) is 33.4 Å². The summed E-state index contributed by atoms with van der Waals surface area (Å²) in [5, 5.41) is 0. The van der Waals surface area contributed by atoms with Gasteiger partial charge in [0.1, 0.15) is 0 Å². The molecule has 0 radical (unpaired) electrons. The second kappa shape index (κ2) is 5.52. The molecule has 0 nitrogen and oxygen atoms in total. The van der Waals surface area contributed by atoms with E-state index in [2.05, 4.69) is 27.7 Å². The highest BCUT2D eigenvalue weighted by atomic mass is 14.2. The second-order valence-electron chi connectivity index (χ2n) is 4.66. The largest absolute Gasteiger partial charge is 0.0683 e. The normalized spacial score (nSPS) is 13.9. The molecule has 0 saturated carbocycles. The minimum Gasteiger partial charge on any atom is -0.0683 e. The van der Waals surface area contributed by atoms with Crippen molar-refractivity contribution in [1.82, 2.24) is 0 Å². The van der Waals surface area contributed by atoms with Gasteiger partial charge in [0, 0.05) is 0 Å². The van der Waals surface area contributed by atoms with Gasteiger partial charge in [-0.3, -0.25) is 0 Å². The maximum absolute atomic E-state index is 2.30. The van der Waals surface area contributed by atoms with E-state index < -0.39 is 0 Å². The number of benzene rings is 1. The zero-order valence-electron chi connectivity index (χ0n) is 11.8. The number of fused-ring (bicyclic) bond motifs is 1. The van der Waals surface area contributed by atoms with Crippen LogP contribution in [0.5, 0.6) is 0 Å². The first-order valence-electron chi connectivity index (χ1n) is 6.71. The third kappa shape index (κ3) is 2.16. The van der Waals surface area contributed by atoms with E-state index in [-0.39, 0.29) is 0 Å². The highest BCUT2D eigenvalue weighted by molar-refractivity contribution is 5.50. The van der Waals surface area contributed by atoms with Crippen molar-refractivity contribution in [2.75, 3.05) is 0 Å². The lowest BCUT2D eigenvalue weighted by molar-refractivity contribution is 0.676. The van der Waals surface area contributed by atoms with Gasteiger partial charge in [-0.05, 0) is 86.8 Å². The Bertz CT molecular complexity index is 335. The third-order valence-electron chi connectivity index (χ3n) is 4.06. The lowest BCUT2D eigenvalue weighted by Crippen LogP contribution is -2.10. The predicted molar refractivity (Wildman–Crippen MR) is 73.4 cm³/mol. The van der Waals surface area contributed by atoms with Crippen molar-refractivity contribution in [3.8, 4) is 0 Å². The standard InChI is InChI=1S/C14H20.C2H6/c1-9-10(2)12(4)14-8-6-5-7-13(14)11(9)3;1-2/h5-8H2,1-4H3;1-2H3. The van der Waals surface area contributed by atoms with Crippen molar-refractivity contribution in [3.63, 3.8) is 0 Å². The van der Waals surface area contributed by atoms with Gasteiger partial charge < -0.3 is 0 Å². The zero-order chi connectivity index (χ0) is 12.3. The average Bonchev–Trinajstić information content (AvgIpc) is 2.36. The zero-order valence-corrected chi connectivity index (χ0v) is 11.8. The van der Waals surface area contributed by atoms with Crippen molar-refractivity contribution >= 4 is 0 Å². The van der Waals surface area contributed by atoms with Crippen molar-refractivity contribution in [1.29, 1.82) is 0 Å². The summed E-state index contributed by atoms with van der Waals surface area (Å²) < 4.78 is 0. The van der Waals surface area contributed by atoms with Crippen LogP contribution in [0.15, 0.2) is 0 Å². The van der Waals surface area contributed by atoms with Crippen LogP contribution in [0.1, 0.15) is 60.1 Å². The van der Waals surface area contributed by atoms with Crippen molar-refractivity contribution in [2.45, 2.75) is 67.2 Å². The van der Waals surface area contributed by atoms with Gasteiger partial charge in [0.05, 0.1) is 0 Å². The highest BCUT2D eigenvalue weighted by Gasteiger charge is 2.17. The average molecular weight is 218 g/mol. The Hall–Kier alpha value is -0.780. The fourth-order valence-corrected chi connectivity index (χ4v) is 2.75. The van der Waals surface area contributed by atoms with Crippen molar-refractivity contribution < 1.29 is 0 Å². The Morgan fingerprint density at radius 2 is 0.875 bits per heavy atom. The first-order chi connectivity index (χ1) is 7.63. The van der Waals surface area contributed by atoms with Crippen LogP contribution < -0.4 is 0 Å². The molecule has 0 amide bonds. The molecule has 0 fully saturated rings. The van der Waals surface area contributed by atoms with E-state index in [4.69, 9.17) is 0 Å². The van der Waals surface area contributed by atoms with Gasteiger partial charge in [0.25, 0.3) is 0 Å². The van der Waals surface area contributed by atoms with Gasteiger partial charge in [-0.2, -0.15) is 0 Å². The van der Waals surface area contributed by atoms with Crippen LogP contribution in [0.3, 0.4) is 0 Å². The number of rotatable bonds is 0. The summed E-state index contributed by atoms with van der Waals surface area (Å²) in [4.78, 5) is 0. The van der Waals surface area contributed by atoms with Gasteiger partial charge in [-0.1, -0.05) is 13.8 Å². The fraction of sp³-hybridized carbons (Fsp3) is 0.625. The molecule has 1 aliphatic rings. The molecule has 0 N–H and O–H groups in total. The van der Waals surface area contributed by atoms with E-state index in [0.29, 0.717) is 0 Å². The van der Waals surface area contributed by atoms with Gasteiger partial charge in [-0.25, -0.2) is 0 Å². The minimum atomic E-state index is 1.31. The summed E-state index contributed by atoms with van der Waals surface area (Å²) in [5.74, 6) is 0. The molecule has 0 saturated heterocycles. The molecule has 0 atom stereocenters. The Morgan fingerprint density at radius 1 is 0.562 bits per heavy atom. The Kier molecular flexibility index (Phi) is 4.58. The molecule has 0 heterocycles. The van der Waals surface area contributed by atoms with Crippen LogP contribution in [-0.2, 0) is 12.8 Å². The lowest BCUT2D eigenvalue weighted by Gasteiger charge is -2.24. The first kappa shape index (κ1) is 13.3. The van der Waals surface area contributed by atoms with E-state index in [1.54, 1.807) is 22.3 Å². The smallest absolute Gasteiger partial charge is 0.0273 e. The molecule has 0 bridgehead atoms. The summed E-state index contributed by atoms with van der Waals surface area (Å²) in [6.45, 7) is 13.1. The molecule has 1 aromatic rings. The van der Waals surface area contributed by atoms with Crippen LogP contribution in [0.4, 0.5) is 0 Å². The summed E-state index contributed by atoms with van der Waals surface area (Å²) in [6, 6.07) is 0. The van der Waals surface area contributed by atoms with Crippen LogP contribution in [0, 0.1) is 27.7 Å². The Balaban J connectivity index is 0.000000606. The molecule has 2 rings (SSSR count). The SMILES string of the molecule is CC.Cc1c(C)c(C)c2c(c1C)CCCC2. The van der Waals surface area contributed by atoms with Gasteiger partial charge in [-0.15, -0.1) is 0 Å². The minimum absolute atomic E-state index is 1.31.